The lowest BCUT2D eigenvalue weighted by atomic mass is 10.2. The molecule has 6 heteroatoms. The average Bonchev–Trinajstić information content (AvgIpc) is 3.04. The Morgan fingerprint density at radius 2 is 1.96 bits per heavy atom. The van der Waals surface area contributed by atoms with Gasteiger partial charge in [0.1, 0.15) is 24.0 Å². The molecular formula is C21H19N3O3. The monoisotopic (exact) mass is 361 g/mol. The summed E-state index contributed by atoms with van der Waals surface area (Å²) in [6.07, 6.45) is 4.26. The molecule has 4 aromatic rings. The molecule has 0 aliphatic heterocycles. The topological polar surface area (TPSA) is 79.9 Å². The number of pyridine rings is 1. The van der Waals surface area contributed by atoms with E-state index in [9.17, 15) is 5.11 Å². The molecule has 27 heavy (non-hydrogen) atoms. The van der Waals surface area contributed by atoms with Crippen LogP contribution in [0.5, 0.6) is 5.75 Å². The molecule has 2 aromatic carbocycles. The molecule has 1 unspecified atom stereocenters. The standard InChI is InChI=1S/C21H19N3O3/c25-17(14-27-20-9-3-5-15-6-4-10-22-21(15)20)13-24-12-16(11-23-26)18-7-1-2-8-19(18)24/h1-12,17,25-26H,13-14H2/b23-11+. The first kappa shape index (κ1) is 17.1. The van der Waals surface area contributed by atoms with Crippen molar-refractivity contribution in [2.24, 2.45) is 5.16 Å². The predicted octanol–water partition coefficient (Wildman–Crippen LogP) is 3.44. The maximum absolute atomic E-state index is 10.5. The first-order valence-electron chi connectivity index (χ1n) is 8.66. The number of fused-ring (bicyclic) bond motifs is 2. The van der Waals surface area contributed by atoms with Crippen molar-refractivity contribution < 1.29 is 15.1 Å². The van der Waals surface area contributed by atoms with E-state index in [4.69, 9.17) is 9.94 Å². The molecule has 2 N–H and O–H groups in total. The Labute approximate surface area is 156 Å². The van der Waals surface area contributed by atoms with E-state index in [2.05, 4.69) is 10.1 Å². The smallest absolute Gasteiger partial charge is 0.145 e. The van der Waals surface area contributed by atoms with Crippen LogP contribution in [0.3, 0.4) is 0 Å². The van der Waals surface area contributed by atoms with Crippen LogP contribution in [0.15, 0.2) is 72.1 Å². The third kappa shape index (κ3) is 3.47. The second-order valence-corrected chi connectivity index (χ2v) is 6.29. The zero-order valence-electron chi connectivity index (χ0n) is 14.6. The second-order valence-electron chi connectivity index (χ2n) is 6.29. The molecule has 2 heterocycles. The fourth-order valence-corrected chi connectivity index (χ4v) is 3.25. The lowest BCUT2D eigenvalue weighted by Crippen LogP contribution is -2.23. The number of benzene rings is 2. The Hall–Kier alpha value is -3.38. The van der Waals surface area contributed by atoms with Crippen molar-refractivity contribution in [1.82, 2.24) is 9.55 Å². The first-order chi connectivity index (χ1) is 13.3. The number of para-hydroxylation sites is 2. The number of nitrogens with zero attached hydrogens (tertiary/aromatic N) is 3. The summed E-state index contributed by atoms with van der Waals surface area (Å²) in [5.74, 6) is 0.651. The van der Waals surface area contributed by atoms with E-state index in [1.165, 1.54) is 6.21 Å². The normalized spacial score (nSPS) is 12.8. The number of aromatic nitrogens is 2. The number of rotatable bonds is 6. The maximum Gasteiger partial charge on any atom is 0.145 e. The summed E-state index contributed by atoms with van der Waals surface area (Å²) >= 11 is 0. The molecule has 0 aliphatic rings. The van der Waals surface area contributed by atoms with Crippen molar-refractivity contribution in [3.05, 3.63) is 72.6 Å². The van der Waals surface area contributed by atoms with Gasteiger partial charge in [-0.05, 0) is 18.2 Å². The number of oxime groups is 1. The minimum Gasteiger partial charge on any atom is -0.489 e. The van der Waals surface area contributed by atoms with Gasteiger partial charge in [0.15, 0.2) is 0 Å². The van der Waals surface area contributed by atoms with E-state index >= 15 is 0 Å². The van der Waals surface area contributed by atoms with E-state index < -0.39 is 6.10 Å². The third-order valence-electron chi connectivity index (χ3n) is 4.45. The minimum atomic E-state index is -0.710. The number of ether oxygens (including phenoxy) is 1. The Morgan fingerprint density at radius 3 is 2.85 bits per heavy atom. The van der Waals surface area contributed by atoms with Crippen LogP contribution in [0.2, 0.25) is 0 Å². The molecule has 2 aromatic heterocycles. The van der Waals surface area contributed by atoms with Crippen molar-refractivity contribution in [3.8, 4) is 5.75 Å². The number of aliphatic hydroxyl groups excluding tert-OH is 1. The predicted molar refractivity (Wildman–Crippen MR) is 105 cm³/mol. The van der Waals surface area contributed by atoms with Crippen LogP contribution in [0.4, 0.5) is 0 Å². The zero-order chi connectivity index (χ0) is 18.6. The molecule has 0 saturated carbocycles. The lowest BCUT2D eigenvalue weighted by molar-refractivity contribution is 0.0942. The summed E-state index contributed by atoms with van der Waals surface area (Å²) in [4.78, 5) is 4.36. The molecule has 0 radical (unpaired) electrons. The molecule has 136 valence electrons. The van der Waals surface area contributed by atoms with Crippen LogP contribution in [0, 0.1) is 0 Å². The van der Waals surface area contributed by atoms with Crippen molar-refractivity contribution in [1.29, 1.82) is 0 Å². The molecule has 0 spiro atoms. The third-order valence-corrected chi connectivity index (χ3v) is 4.45. The zero-order valence-corrected chi connectivity index (χ0v) is 14.6. The van der Waals surface area contributed by atoms with Gasteiger partial charge in [-0.3, -0.25) is 4.98 Å². The SMILES string of the molecule is O/N=C/c1cn(CC(O)COc2cccc3cccnc23)c2ccccc12. The Bertz CT molecular complexity index is 1100. The van der Waals surface area contributed by atoms with E-state index in [0.717, 1.165) is 27.4 Å². The van der Waals surface area contributed by atoms with Gasteiger partial charge in [0.2, 0.25) is 0 Å². The van der Waals surface area contributed by atoms with Crippen molar-refractivity contribution in [3.63, 3.8) is 0 Å². The highest BCUT2D eigenvalue weighted by molar-refractivity contribution is 5.99. The highest BCUT2D eigenvalue weighted by Gasteiger charge is 2.12. The van der Waals surface area contributed by atoms with E-state index in [1.54, 1.807) is 6.20 Å². The summed E-state index contributed by atoms with van der Waals surface area (Å²) in [7, 11) is 0. The minimum absolute atomic E-state index is 0.144. The Morgan fingerprint density at radius 1 is 1.11 bits per heavy atom. The maximum atomic E-state index is 10.5. The van der Waals surface area contributed by atoms with Gasteiger partial charge in [0.05, 0.1) is 12.8 Å². The van der Waals surface area contributed by atoms with Gasteiger partial charge in [0.25, 0.3) is 0 Å². The quantitative estimate of drug-likeness (QED) is 0.313. The lowest BCUT2D eigenvalue weighted by Gasteiger charge is -2.15. The highest BCUT2D eigenvalue weighted by Crippen LogP contribution is 2.24. The fourth-order valence-electron chi connectivity index (χ4n) is 3.25. The molecule has 0 amide bonds. The van der Waals surface area contributed by atoms with Crippen LogP contribution in [-0.4, -0.2) is 38.8 Å². The van der Waals surface area contributed by atoms with Crippen LogP contribution in [0.1, 0.15) is 5.56 Å². The molecule has 0 bridgehead atoms. The van der Waals surface area contributed by atoms with Crippen molar-refractivity contribution in [2.45, 2.75) is 12.6 Å². The van der Waals surface area contributed by atoms with Crippen LogP contribution in [-0.2, 0) is 6.54 Å². The van der Waals surface area contributed by atoms with Gasteiger partial charge in [-0.1, -0.05) is 41.6 Å². The van der Waals surface area contributed by atoms with Crippen LogP contribution < -0.4 is 4.74 Å². The van der Waals surface area contributed by atoms with Gasteiger partial charge in [-0.2, -0.15) is 0 Å². The molecule has 4 rings (SSSR count). The summed E-state index contributed by atoms with van der Waals surface area (Å²) < 4.78 is 7.76. The van der Waals surface area contributed by atoms with Gasteiger partial charge >= 0.3 is 0 Å². The summed E-state index contributed by atoms with van der Waals surface area (Å²) in [5, 5.41) is 24.4. The fraction of sp³-hybridized carbons (Fsp3) is 0.143. The van der Waals surface area contributed by atoms with Gasteiger partial charge in [0, 0.05) is 34.2 Å². The number of hydrogen-bond acceptors (Lipinski definition) is 5. The molecular weight excluding hydrogens is 342 g/mol. The summed E-state index contributed by atoms with van der Waals surface area (Å²) in [5.41, 5.74) is 2.53. The van der Waals surface area contributed by atoms with Gasteiger partial charge in [-0.15, -0.1) is 0 Å². The van der Waals surface area contributed by atoms with Gasteiger partial charge < -0.3 is 19.6 Å². The Kier molecular flexibility index (Phi) is 4.72. The highest BCUT2D eigenvalue weighted by atomic mass is 16.5. The summed E-state index contributed by atoms with van der Waals surface area (Å²) in [6, 6.07) is 17.4. The van der Waals surface area contributed by atoms with E-state index in [0.29, 0.717) is 12.3 Å². The van der Waals surface area contributed by atoms with E-state index in [-0.39, 0.29) is 6.61 Å². The summed E-state index contributed by atoms with van der Waals surface area (Å²) in [6.45, 7) is 0.504. The first-order valence-corrected chi connectivity index (χ1v) is 8.66. The number of aliphatic hydroxyl groups is 1. The molecule has 0 aliphatic carbocycles. The molecule has 0 saturated heterocycles. The van der Waals surface area contributed by atoms with Crippen LogP contribution >= 0.6 is 0 Å². The average molecular weight is 361 g/mol. The molecule has 1 atom stereocenters. The molecule has 0 fully saturated rings. The van der Waals surface area contributed by atoms with Crippen molar-refractivity contribution >= 4 is 28.0 Å². The van der Waals surface area contributed by atoms with Gasteiger partial charge in [-0.25, -0.2) is 0 Å². The molecule has 6 nitrogen and oxygen atoms in total. The number of hydrogen-bond donors (Lipinski definition) is 2. The largest absolute Gasteiger partial charge is 0.489 e. The van der Waals surface area contributed by atoms with E-state index in [1.807, 2.05) is 65.4 Å². The van der Waals surface area contributed by atoms with Crippen molar-refractivity contribution in [2.75, 3.05) is 6.61 Å². The van der Waals surface area contributed by atoms with Crippen LogP contribution in [0.25, 0.3) is 21.8 Å². The second kappa shape index (κ2) is 7.47. The Balaban J connectivity index is 1.51.